The van der Waals surface area contributed by atoms with Gasteiger partial charge in [0, 0.05) is 38.6 Å². The smallest absolute Gasteiger partial charge is 0.257 e. The summed E-state index contributed by atoms with van der Waals surface area (Å²) in [5.41, 5.74) is 2.49. The number of hydrazine groups is 1. The minimum absolute atomic E-state index is 0.337. The van der Waals surface area contributed by atoms with Crippen molar-refractivity contribution in [1.82, 2.24) is 29.6 Å². The molecule has 1 aliphatic heterocycles. The van der Waals surface area contributed by atoms with Crippen LogP contribution in [0, 0.1) is 0 Å². The Hall–Kier alpha value is -2.26. The van der Waals surface area contributed by atoms with Crippen molar-refractivity contribution < 1.29 is 0 Å². The number of nitrogens with one attached hydrogen (secondary N) is 1. The molecule has 3 N–H and O–H groups in total. The molecule has 9 heteroatoms. The minimum Gasteiger partial charge on any atom is -0.338 e. The maximum absolute atomic E-state index is 5.45. The molecule has 2 aromatic heterocycles. The lowest BCUT2D eigenvalue weighted by atomic mass is 10.3. The highest BCUT2D eigenvalue weighted by molar-refractivity contribution is 5.39. The molecule has 0 atom stereocenters. The van der Waals surface area contributed by atoms with E-state index in [0.29, 0.717) is 17.8 Å². The molecule has 0 amide bonds. The van der Waals surface area contributed by atoms with Crippen LogP contribution >= 0.6 is 0 Å². The van der Waals surface area contributed by atoms with E-state index < -0.39 is 0 Å². The maximum atomic E-state index is 5.45. The van der Waals surface area contributed by atoms with Crippen molar-refractivity contribution in [2.24, 2.45) is 5.84 Å². The molecule has 1 fully saturated rings. The van der Waals surface area contributed by atoms with Gasteiger partial charge in [-0.15, -0.1) is 0 Å². The Kier molecular flexibility index (Phi) is 3.93. The number of piperazine rings is 1. The van der Waals surface area contributed by atoms with Crippen LogP contribution in [-0.4, -0.2) is 62.4 Å². The van der Waals surface area contributed by atoms with Gasteiger partial charge in [-0.25, -0.2) is 10.5 Å². The standard InChI is InChI=1S/C12H19N9/c1-2-19-6-8-20(9-7-19)11-15-10(18-13)16-12(17-11)21-5-3-4-14-21/h3-5H,2,6-9,13H2,1H3,(H,15,16,17,18). The minimum atomic E-state index is 0.337. The lowest BCUT2D eigenvalue weighted by Crippen LogP contribution is -2.47. The second-order valence-corrected chi connectivity index (χ2v) is 4.78. The van der Waals surface area contributed by atoms with Crippen LogP contribution in [-0.2, 0) is 0 Å². The summed E-state index contributed by atoms with van der Waals surface area (Å²) < 4.78 is 1.59. The molecule has 0 saturated carbocycles. The summed E-state index contributed by atoms with van der Waals surface area (Å²) in [6.45, 7) is 7.03. The summed E-state index contributed by atoms with van der Waals surface area (Å²) in [6, 6.07) is 1.82. The first-order valence-corrected chi connectivity index (χ1v) is 7.00. The molecule has 0 unspecified atom stereocenters. The van der Waals surface area contributed by atoms with Crippen LogP contribution in [0.4, 0.5) is 11.9 Å². The fourth-order valence-corrected chi connectivity index (χ4v) is 2.31. The highest BCUT2D eigenvalue weighted by Gasteiger charge is 2.19. The second kappa shape index (κ2) is 6.02. The molecule has 21 heavy (non-hydrogen) atoms. The van der Waals surface area contributed by atoms with Crippen molar-refractivity contribution in [2.45, 2.75) is 6.92 Å². The van der Waals surface area contributed by atoms with Gasteiger partial charge in [0.25, 0.3) is 5.95 Å². The zero-order valence-corrected chi connectivity index (χ0v) is 12.0. The molecule has 0 aliphatic carbocycles. The summed E-state index contributed by atoms with van der Waals surface area (Å²) in [7, 11) is 0. The Bertz CT molecular complexity index is 574. The Morgan fingerprint density at radius 3 is 2.52 bits per heavy atom. The number of nitrogen functional groups attached to an aromatic ring is 1. The number of likely N-dealkylation sites (N-methyl/N-ethyl adjacent to an activating group) is 1. The molecule has 3 heterocycles. The molecule has 9 nitrogen and oxygen atoms in total. The highest BCUT2D eigenvalue weighted by Crippen LogP contribution is 2.14. The third-order valence-corrected chi connectivity index (χ3v) is 3.55. The number of rotatable bonds is 4. The van der Waals surface area contributed by atoms with E-state index in [0.717, 1.165) is 32.7 Å². The summed E-state index contributed by atoms with van der Waals surface area (Å²) >= 11 is 0. The Balaban J connectivity index is 1.86. The molecule has 0 radical (unpaired) electrons. The lowest BCUT2D eigenvalue weighted by molar-refractivity contribution is 0.270. The predicted molar refractivity (Wildman–Crippen MR) is 79.1 cm³/mol. The van der Waals surface area contributed by atoms with E-state index >= 15 is 0 Å². The van der Waals surface area contributed by atoms with Gasteiger partial charge in [0.15, 0.2) is 0 Å². The zero-order valence-electron chi connectivity index (χ0n) is 12.0. The lowest BCUT2D eigenvalue weighted by Gasteiger charge is -2.34. The van der Waals surface area contributed by atoms with Gasteiger partial charge in [-0.1, -0.05) is 6.92 Å². The van der Waals surface area contributed by atoms with Gasteiger partial charge in [0.1, 0.15) is 0 Å². The van der Waals surface area contributed by atoms with E-state index in [9.17, 15) is 0 Å². The van der Waals surface area contributed by atoms with E-state index in [-0.39, 0.29) is 0 Å². The number of hydrogen-bond acceptors (Lipinski definition) is 8. The van der Waals surface area contributed by atoms with Gasteiger partial charge in [-0.2, -0.15) is 20.1 Å². The molecular formula is C12H19N9. The van der Waals surface area contributed by atoms with Crippen LogP contribution in [0.1, 0.15) is 6.92 Å². The first kappa shape index (κ1) is 13.7. The monoisotopic (exact) mass is 289 g/mol. The Labute approximate surface area is 122 Å². The molecule has 1 saturated heterocycles. The van der Waals surface area contributed by atoms with Crippen molar-refractivity contribution in [3.05, 3.63) is 18.5 Å². The fourth-order valence-electron chi connectivity index (χ4n) is 2.31. The molecule has 3 rings (SSSR count). The van der Waals surface area contributed by atoms with Crippen molar-refractivity contribution in [3.8, 4) is 5.95 Å². The molecule has 2 aromatic rings. The normalized spacial score (nSPS) is 16.2. The third kappa shape index (κ3) is 2.93. The molecule has 0 spiro atoms. The van der Waals surface area contributed by atoms with Gasteiger partial charge in [0.05, 0.1) is 0 Å². The quantitative estimate of drug-likeness (QED) is 0.573. The average Bonchev–Trinajstić information content (AvgIpc) is 3.09. The van der Waals surface area contributed by atoms with Crippen LogP contribution in [0.3, 0.4) is 0 Å². The van der Waals surface area contributed by atoms with Crippen LogP contribution in [0.25, 0.3) is 5.95 Å². The third-order valence-electron chi connectivity index (χ3n) is 3.55. The number of anilines is 2. The number of hydrogen-bond donors (Lipinski definition) is 2. The van der Waals surface area contributed by atoms with Gasteiger partial charge in [0.2, 0.25) is 11.9 Å². The molecule has 112 valence electrons. The number of aromatic nitrogens is 5. The summed E-state index contributed by atoms with van der Waals surface area (Å²) in [5.74, 6) is 6.87. The van der Waals surface area contributed by atoms with E-state index in [1.165, 1.54) is 0 Å². The zero-order chi connectivity index (χ0) is 14.7. The highest BCUT2D eigenvalue weighted by atomic mass is 15.4. The fraction of sp³-hybridized carbons (Fsp3) is 0.500. The number of nitrogens with zero attached hydrogens (tertiary/aromatic N) is 7. The van der Waals surface area contributed by atoms with Gasteiger partial charge in [-0.05, 0) is 12.6 Å². The SMILES string of the molecule is CCN1CCN(c2nc(NN)nc(-n3cccn3)n2)CC1. The second-order valence-electron chi connectivity index (χ2n) is 4.78. The van der Waals surface area contributed by atoms with Crippen molar-refractivity contribution in [2.75, 3.05) is 43.0 Å². The van der Waals surface area contributed by atoms with Gasteiger partial charge < -0.3 is 9.80 Å². The summed E-state index contributed by atoms with van der Waals surface area (Å²) in [4.78, 5) is 17.6. The first-order valence-electron chi connectivity index (χ1n) is 7.00. The van der Waals surface area contributed by atoms with Crippen molar-refractivity contribution >= 4 is 11.9 Å². The van der Waals surface area contributed by atoms with E-state index in [2.05, 4.69) is 42.2 Å². The van der Waals surface area contributed by atoms with E-state index in [1.54, 1.807) is 17.1 Å². The van der Waals surface area contributed by atoms with Gasteiger partial charge >= 0.3 is 0 Å². The average molecular weight is 289 g/mol. The molecule has 1 aliphatic rings. The topological polar surface area (TPSA) is 101 Å². The van der Waals surface area contributed by atoms with E-state index in [4.69, 9.17) is 5.84 Å². The summed E-state index contributed by atoms with van der Waals surface area (Å²) in [6.07, 6.45) is 3.47. The largest absolute Gasteiger partial charge is 0.338 e. The first-order chi connectivity index (χ1) is 10.3. The van der Waals surface area contributed by atoms with Gasteiger partial charge in [-0.3, -0.25) is 5.43 Å². The predicted octanol–water partition coefficient (Wildman–Crippen LogP) is -0.515. The number of nitrogens with two attached hydrogens (primary N) is 1. The maximum Gasteiger partial charge on any atom is 0.257 e. The van der Waals surface area contributed by atoms with Crippen molar-refractivity contribution in [3.63, 3.8) is 0 Å². The Morgan fingerprint density at radius 1 is 1.14 bits per heavy atom. The molecular weight excluding hydrogens is 270 g/mol. The van der Waals surface area contributed by atoms with Crippen LogP contribution in [0.5, 0.6) is 0 Å². The molecule has 0 aromatic carbocycles. The van der Waals surface area contributed by atoms with E-state index in [1.807, 2.05) is 6.07 Å². The summed E-state index contributed by atoms with van der Waals surface area (Å²) in [5, 5.41) is 4.14. The van der Waals surface area contributed by atoms with Crippen LogP contribution < -0.4 is 16.2 Å². The van der Waals surface area contributed by atoms with Crippen LogP contribution in [0.15, 0.2) is 18.5 Å². The molecule has 0 bridgehead atoms. The van der Waals surface area contributed by atoms with Crippen LogP contribution in [0.2, 0.25) is 0 Å². The Morgan fingerprint density at radius 2 is 1.90 bits per heavy atom. The van der Waals surface area contributed by atoms with Crippen molar-refractivity contribution in [1.29, 1.82) is 0 Å².